The zero-order chi connectivity index (χ0) is 17.2. The second-order valence-corrected chi connectivity index (χ2v) is 6.66. The number of amides is 1. The second kappa shape index (κ2) is 7.21. The molecule has 1 aliphatic carbocycles. The average molecular weight is 337 g/mol. The predicted molar refractivity (Wildman–Crippen MR) is 87.8 cm³/mol. The van der Waals surface area contributed by atoms with Crippen LogP contribution in [0.4, 0.5) is 0 Å². The number of aromatic amines is 1. The highest BCUT2D eigenvalue weighted by atomic mass is 16.5. The third-order valence-electron chi connectivity index (χ3n) is 5.48. The predicted octanol–water partition coefficient (Wildman–Crippen LogP) is 1.13. The van der Waals surface area contributed by atoms with E-state index >= 15 is 0 Å². The first-order valence-electron chi connectivity index (χ1n) is 8.76. The molecule has 7 nitrogen and oxygen atoms in total. The van der Waals surface area contributed by atoms with Crippen molar-refractivity contribution in [2.75, 3.05) is 26.9 Å². The highest BCUT2D eigenvalue weighted by Gasteiger charge is 2.53. The summed E-state index contributed by atoms with van der Waals surface area (Å²) in [7, 11) is 1.74. The summed E-state index contributed by atoms with van der Waals surface area (Å²) in [5, 5.41) is 16.0. The monoisotopic (exact) mass is 337 g/mol. The number of rotatable bonds is 6. The molecule has 1 aromatic rings. The number of ether oxygens (including phenoxy) is 2. The maximum absolute atomic E-state index is 12.9. The molecule has 2 aliphatic rings. The average Bonchev–Trinajstić information content (AvgIpc) is 3.24. The van der Waals surface area contributed by atoms with Crippen molar-refractivity contribution in [2.45, 2.75) is 56.8 Å². The van der Waals surface area contributed by atoms with E-state index < -0.39 is 0 Å². The molecule has 1 aliphatic heterocycles. The molecule has 3 rings (SSSR count). The summed E-state index contributed by atoms with van der Waals surface area (Å²) in [6.45, 7) is 3.06. The first-order valence-corrected chi connectivity index (χ1v) is 8.76. The van der Waals surface area contributed by atoms with Crippen molar-refractivity contribution in [3.63, 3.8) is 0 Å². The van der Waals surface area contributed by atoms with Crippen molar-refractivity contribution in [3.05, 3.63) is 17.5 Å². The van der Waals surface area contributed by atoms with E-state index in [1.165, 1.54) is 0 Å². The molecule has 2 heterocycles. The normalized spacial score (nSPS) is 29.7. The number of H-pyrrole nitrogens is 1. The summed E-state index contributed by atoms with van der Waals surface area (Å²) in [5.74, 6) is -0.0438. The lowest BCUT2D eigenvalue weighted by molar-refractivity contribution is -0.0992. The number of nitrogens with zero attached hydrogens (tertiary/aromatic N) is 2. The van der Waals surface area contributed by atoms with Gasteiger partial charge in [0.1, 0.15) is 5.69 Å². The van der Waals surface area contributed by atoms with Gasteiger partial charge in [-0.15, -0.1) is 0 Å². The zero-order valence-electron chi connectivity index (χ0n) is 14.5. The number of fused-ring (bicyclic) bond motifs is 1. The molecule has 134 valence electrons. The SMILES string of the molecule is CCc1cc(C(=O)N2CC[C@]3(OC)CCC(OCCO)CC23)n[nH]1. The number of carbonyl (C=O) groups is 1. The van der Waals surface area contributed by atoms with Crippen LogP contribution in [0.2, 0.25) is 0 Å². The van der Waals surface area contributed by atoms with Gasteiger partial charge < -0.3 is 19.5 Å². The molecule has 1 saturated heterocycles. The molecule has 0 bridgehead atoms. The van der Waals surface area contributed by atoms with E-state index in [0.29, 0.717) is 18.8 Å². The quantitative estimate of drug-likeness (QED) is 0.812. The van der Waals surface area contributed by atoms with Crippen LogP contribution in [0.5, 0.6) is 0 Å². The van der Waals surface area contributed by atoms with E-state index in [1.54, 1.807) is 7.11 Å². The summed E-state index contributed by atoms with van der Waals surface area (Å²) in [6, 6.07) is 1.83. The maximum Gasteiger partial charge on any atom is 0.274 e. The Kier molecular flexibility index (Phi) is 5.22. The smallest absolute Gasteiger partial charge is 0.274 e. The third-order valence-corrected chi connectivity index (χ3v) is 5.48. The lowest BCUT2D eigenvalue weighted by Crippen LogP contribution is -2.53. The summed E-state index contributed by atoms with van der Waals surface area (Å²) in [6.07, 6.45) is 4.23. The Balaban J connectivity index is 1.77. The van der Waals surface area contributed by atoms with Crippen molar-refractivity contribution in [3.8, 4) is 0 Å². The van der Waals surface area contributed by atoms with Crippen LogP contribution in [0.1, 0.15) is 48.8 Å². The molecule has 2 fully saturated rings. The molecular weight excluding hydrogens is 310 g/mol. The Morgan fingerprint density at radius 2 is 2.38 bits per heavy atom. The number of methoxy groups -OCH3 is 1. The first kappa shape index (κ1) is 17.4. The van der Waals surface area contributed by atoms with Crippen LogP contribution in [0.15, 0.2) is 6.07 Å². The molecule has 1 aromatic heterocycles. The Labute approximate surface area is 142 Å². The maximum atomic E-state index is 12.9. The second-order valence-electron chi connectivity index (χ2n) is 6.66. The summed E-state index contributed by atoms with van der Waals surface area (Å²) in [5.41, 5.74) is 1.15. The van der Waals surface area contributed by atoms with Crippen LogP contribution in [0.25, 0.3) is 0 Å². The fourth-order valence-corrected chi connectivity index (χ4v) is 4.08. The molecule has 3 atom stereocenters. The number of nitrogens with one attached hydrogen (secondary N) is 1. The molecule has 0 aromatic carbocycles. The zero-order valence-corrected chi connectivity index (χ0v) is 14.5. The van der Waals surface area contributed by atoms with Gasteiger partial charge >= 0.3 is 0 Å². The van der Waals surface area contributed by atoms with Gasteiger partial charge in [-0.25, -0.2) is 0 Å². The van der Waals surface area contributed by atoms with Gasteiger partial charge in [-0.1, -0.05) is 6.92 Å². The van der Waals surface area contributed by atoms with Crippen LogP contribution in [-0.4, -0.2) is 70.7 Å². The molecule has 7 heteroatoms. The molecule has 2 unspecified atom stereocenters. The van der Waals surface area contributed by atoms with E-state index in [-0.39, 0.29) is 30.3 Å². The number of likely N-dealkylation sites (tertiary alicyclic amines) is 1. The van der Waals surface area contributed by atoms with Gasteiger partial charge in [-0.3, -0.25) is 9.89 Å². The largest absolute Gasteiger partial charge is 0.394 e. The fraction of sp³-hybridized carbons (Fsp3) is 0.765. The van der Waals surface area contributed by atoms with Gasteiger partial charge in [0.15, 0.2) is 0 Å². The van der Waals surface area contributed by atoms with Crippen LogP contribution in [-0.2, 0) is 15.9 Å². The minimum atomic E-state index is -0.279. The molecule has 0 spiro atoms. The van der Waals surface area contributed by atoms with Gasteiger partial charge in [-0.2, -0.15) is 5.10 Å². The Morgan fingerprint density at radius 1 is 1.54 bits per heavy atom. The molecule has 2 N–H and O–H groups in total. The van der Waals surface area contributed by atoms with Crippen LogP contribution < -0.4 is 0 Å². The van der Waals surface area contributed by atoms with E-state index in [0.717, 1.165) is 37.8 Å². The minimum Gasteiger partial charge on any atom is -0.394 e. The molecule has 24 heavy (non-hydrogen) atoms. The summed E-state index contributed by atoms with van der Waals surface area (Å²) in [4.78, 5) is 14.8. The molecule has 0 radical (unpaired) electrons. The van der Waals surface area contributed by atoms with Gasteiger partial charge in [0.05, 0.1) is 31.0 Å². The van der Waals surface area contributed by atoms with E-state index in [9.17, 15) is 4.79 Å². The van der Waals surface area contributed by atoms with E-state index in [4.69, 9.17) is 14.6 Å². The Bertz CT molecular complexity index is 576. The van der Waals surface area contributed by atoms with Crippen LogP contribution in [0.3, 0.4) is 0 Å². The highest BCUT2D eigenvalue weighted by Crippen LogP contribution is 2.43. The van der Waals surface area contributed by atoms with E-state index in [2.05, 4.69) is 10.2 Å². The lowest BCUT2D eigenvalue weighted by Gasteiger charge is -2.43. The third kappa shape index (κ3) is 3.08. The van der Waals surface area contributed by atoms with Crippen molar-refractivity contribution in [1.29, 1.82) is 0 Å². The lowest BCUT2D eigenvalue weighted by atomic mass is 9.79. The number of aliphatic hydroxyl groups is 1. The minimum absolute atomic E-state index is 0.00535. The number of carbonyl (C=O) groups excluding carboxylic acids is 1. The van der Waals surface area contributed by atoms with E-state index in [1.807, 2.05) is 17.9 Å². The number of aliphatic hydroxyl groups excluding tert-OH is 1. The first-order chi connectivity index (χ1) is 11.6. The van der Waals surface area contributed by atoms with Gasteiger partial charge in [-0.05, 0) is 38.2 Å². The van der Waals surface area contributed by atoms with Crippen molar-refractivity contribution < 1.29 is 19.4 Å². The number of hydrogen-bond donors (Lipinski definition) is 2. The van der Waals surface area contributed by atoms with Gasteiger partial charge in [0.2, 0.25) is 0 Å². The van der Waals surface area contributed by atoms with Gasteiger partial charge in [0.25, 0.3) is 5.91 Å². The molecule has 1 amide bonds. The number of aromatic nitrogens is 2. The molecule has 1 saturated carbocycles. The highest BCUT2D eigenvalue weighted by molar-refractivity contribution is 5.93. The standard InChI is InChI=1S/C17H27N3O4/c1-3-12-10-14(19-18-12)16(22)20-7-6-17(23-2)5-4-13(11-15(17)20)24-9-8-21/h10,13,15,21H,3-9,11H2,1-2H3,(H,18,19)/t13?,15?,17-/m1/s1. The van der Waals surface area contributed by atoms with Crippen molar-refractivity contribution >= 4 is 5.91 Å². The fourth-order valence-electron chi connectivity index (χ4n) is 4.08. The Hall–Kier alpha value is -1.44. The van der Waals surface area contributed by atoms with Gasteiger partial charge in [0, 0.05) is 19.3 Å². The van der Waals surface area contributed by atoms with Crippen molar-refractivity contribution in [2.24, 2.45) is 0 Å². The summed E-state index contributed by atoms with van der Waals surface area (Å²) >= 11 is 0. The number of aryl methyl sites for hydroxylation is 1. The van der Waals surface area contributed by atoms with Crippen molar-refractivity contribution in [1.82, 2.24) is 15.1 Å². The summed E-state index contributed by atoms with van der Waals surface area (Å²) < 4.78 is 11.6. The number of hydrogen-bond acceptors (Lipinski definition) is 5. The van der Waals surface area contributed by atoms with Crippen LogP contribution in [0, 0.1) is 0 Å². The molecular formula is C17H27N3O4. The Morgan fingerprint density at radius 3 is 3.04 bits per heavy atom. The topological polar surface area (TPSA) is 87.7 Å². The van der Waals surface area contributed by atoms with Crippen LogP contribution >= 0.6 is 0 Å².